The summed E-state index contributed by atoms with van der Waals surface area (Å²) in [5.41, 5.74) is 1.16. The van der Waals surface area contributed by atoms with E-state index in [-0.39, 0.29) is 6.04 Å². The van der Waals surface area contributed by atoms with E-state index in [0.29, 0.717) is 6.61 Å². The molecule has 0 aliphatic carbocycles. The van der Waals surface area contributed by atoms with Gasteiger partial charge in [0.2, 0.25) is 0 Å². The Morgan fingerprint density at radius 3 is 3.00 bits per heavy atom. The molecule has 0 radical (unpaired) electrons. The Morgan fingerprint density at radius 1 is 1.47 bits per heavy atom. The monoisotopic (exact) mass is 249 g/mol. The van der Waals surface area contributed by atoms with Crippen LogP contribution in [0.15, 0.2) is 30.5 Å². The van der Waals surface area contributed by atoms with Crippen LogP contribution in [0.5, 0.6) is 5.75 Å². The molecule has 0 bridgehead atoms. The Labute approximate surface area is 105 Å². The van der Waals surface area contributed by atoms with Crippen LogP contribution >= 0.6 is 11.5 Å². The summed E-state index contributed by atoms with van der Waals surface area (Å²) in [5.74, 6) is 0.891. The van der Waals surface area contributed by atoms with E-state index in [1.807, 2.05) is 32.2 Å². The van der Waals surface area contributed by atoms with Crippen LogP contribution < -0.4 is 10.1 Å². The Hall–Kier alpha value is -1.46. The van der Waals surface area contributed by atoms with Crippen LogP contribution in [0.2, 0.25) is 0 Å². The fourth-order valence-electron chi connectivity index (χ4n) is 1.73. The molecule has 5 heteroatoms. The van der Waals surface area contributed by atoms with Gasteiger partial charge in [0.1, 0.15) is 5.75 Å². The molecular weight excluding hydrogens is 234 g/mol. The molecule has 0 spiro atoms. The van der Waals surface area contributed by atoms with E-state index >= 15 is 0 Å². The molecule has 0 aliphatic rings. The van der Waals surface area contributed by atoms with Crippen molar-refractivity contribution < 1.29 is 4.74 Å². The predicted octanol–water partition coefficient (Wildman–Crippen LogP) is 2.25. The first kappa shape index (κ1) is 12.0. The van der Waals surface area contributed by atoms with Crippen LogP contribution in [0.25, 0.3) is 0 Å². The van der Waals surface area contributed by atoms with Crippen LogP contribution in [0.3, 0.4) is 0 Å². The summed E-state index contributed by atoms with van der Waals surface area (Å²) in [6.45, 7) is 2.66. The molecule has 0 aliphatic heterocycles. The van der Waals surface area contributed by atoms with Crippen LogP contribution in [-0.2, 0) is 0 Å². The maximum absolute atomic E-state index is 5.50. The van der Waals surface area contributed by atoms with Gasteiger partial charge in [0.15, 0.2) is 0 Å². The van der Waals surface area contributed by atoms with Crippen molar-refractivity contribution in [2.75, 3.05) is 13.7 Å². The zero-order valence-electron chi connectivity index (χ0n) is 9.88. The standard InChI is InChI=1S/C12H15N3OS/c1-3-16-10-6-4-5-9(7-10)12(13-2)11-8-14-15-17-11/h4-8,12-13H,3H2,1-2H3. The molecular formula is C12H15N3OS. The van der Waals surface area contributed by atoms with E-state index in [1.165, 1.54) is 11.5 Å². The molecule has 1 atom stereocenters. The van der Waals surface area contributed by atoms with E-state index in [2.05, 4.69) is 21.0 Å². The van der Waals surface area contributed by atoms with Gasteiger partial charge in [0, 0.05) is 0 Å². The van der Waals surface area contributed by atoms with Gasteiger partial charge in [-0.3, -0.25) is 0 Å². The fourth-order valence-corrected chi connectivity index (χ4v) is 2.37. The van der Waals surface area contributed by atoms with Gasteiger partial charge in [0.05, 0.1) is 23.7 Å². The predicted molar refractivity (Wildman–Crippen MR) is 68.4 cm³/mol. The van der Waals surface area contributed by atoms with Crippen LogP contribution in [0.1, 0.15) is 23.4 Å². The van der Waals surface area contributed by atoms with Crippen molar-refractivity contribution in [1.82, 2.24) is 14.9 Å². The van der Waals surface area contributed by atoms with Crippen molar-refractivity contribution in [3.05, 3.63) is 40.9 Å². The molecule has 0 saturated heterocycles. The minimum Gasteiger partial charge on any atom is -0.494 e. The Bertz CT molecular complexity index is 459. The van der Waals surface area contributed by atoms with Gasteiger partial charge < -0.3 is 10.1 Å². The second kappa shape index (κ2) is 5.75. The van der Waals surface area contributed by atoms with Crippen molar-refractivity contribution in [2.24, 2.45) is 0 Å². The smallest absolute Gasteiger partial charge is 0.119 e. The summed E-state index contributed by atoms with van der Waals surface area (Å²) in [5, 5.41) is 7.14. The molecule has 90 valence electrons. The van der Waals surface area contributed by atoms with Crippen molar-refractivity contribution in [3.63, 3.8) is 0 Å². The van der Waals surface area contributed by atoms with Crippen molar-refractivity contribution in [2.45, 2.75) is 13.0 Å². The first-order chi connectivity index (χ1) is 8.35. The first-order valence-electron chi connectivity index (χ1n) is 5.52. The molecule has 1 aromatic carbocycles. The zero-order chi connectivity index (χ0) is 12.1. The average Bonchev–Trinajstić information content (AvgIpc) is 2.85. The molecule has 2 rings (SSSR count). The largest absolute Gasteiger partial charge is 0.494 e. The van der Waals surface area contributed by atoms with Gasteiger partial charge in [-0.25, -0.2) is 0 Å². The number of rotatable bonds is 5. The quantitative estimate of drug-likeness (QED) is 0.883. The number of ether oxygens (including phenoxy) is 1. The van der Waals surface area contributed by atoms with E-state index in [4.69, 9.17) is 4.74 Å². The van der Waals surface area contributed by atoms with E-state index in [0.717, 1.165) is 16.2 Å². The number of aromatic nitrogens is 2. The number of hydrogen-bond donors (Lipinski definition) is 1. The third kappa shape index (κ3) is 2.81. The van der Waals surface area contributed by atoms with E-state index < -0.39 is 0 Å². The highest BCUT2D eigenvalue weighted by molar-refractivity contribution is 7.05. The van der Waals surface area contributed by atoms with Gasteiger partial charge in [-0.1, -0.05) is 16.6 Å². The van der Waals surface area contributed by atoms with Crippen molar-refractivity contribution >= 4 is 11.5 Å². The fraction of sp³-hybridized carbons (Fsp3) is 0.333. The summed E-state index contributed by atoms with van der Waals surface area (Å²) in [4.78, 5) is 1.10. The third-order valence-corrected chi connectivity index (χ3v) is 3.18. The number of hydrogen-bond acceptors (Lipinski definition) is 5. The second-order valence-corrected chi connectivity index (χ2v) is 4.36. The number of benzene rings is 1. The average molecular weight is 249 g/mol. The summed E-state index contributed by atoms with van der Waals surface area (Å²) < 4.78 is 9.40. The molecule has 0 saturated carbocycles. The minimum atomic E-state index is 0.121. The third-order valence-electron chi connectivity index (χ3n) is 2.45. The summed E-state index contributed by atoms with van der Waals surface area (Å²) in [7, 11) is 1.93. The van der Waals surface area contributed by atoms with E-state index in [9.17, 15) is 0 Å². The van der Waals surface area contributed by atoms with E-state index in [1.54, 1.807) is 6.20 Å². The van der Waals surface area contributed by atoms with Gasteiger partial charge in [-0.2, -0.15) is 0 Å². The molecule has 4 nitrogen and oxygen atoms in total. The van der Waals surface area contributed by atoms with Gasteiger partial charge in [0.25, 0.3) is 0 Å². The maximum atomic E-state index is 5.50. The summed E-state index contributed by atoms with van der Waals surface area (Å²) in [6.07, 6.45) is 1.79. The molecule has 1 aromatic heterocycles. The van der Waals surface area contributed by atoms with Gasteiger partial charge in [-0.15, -0.1) is 5.10 Å². The number of nitrogens with one attached hydrogen (secondary N) is 1. The molecule has 1 unspecified atom stereocenters. The Morgan fingerprint density at radius 2 is 2.35 bits per heavy atom. The first-order valence-corrected chi connectivity index (χ1v) is 6.29. The molecule has 1 N–H and O–H groups in total. The van der Waals surface area contributed by atoms with Crippen LogP contribution in [-0.4, -0.2) is 23.2 Å². The molecule has 1 heterocycles. The molecule has 0 fully saturated rings. The molecule has 2 aromatic rings. The highest BCUT2D eigenvalue weighted by Crippen LogP contribution is 2.26. The lowest BCUT2D eigenvalue weighted by molar-refractivity contribution is 0.339. The lowest BCUT2D eigenvalue weighted by Gasteiger charge is -2.15. The highest BCUT2D eigenvalue weighted by Gasteiger charge is 2.14. The molecule has 17 heavy (non-hydrogen) atoms. The second-order valence-electron chi connectivity index (χ2n) is 3.55. The lowest BCUT2D eigenvalue weighted by Crippen LogP contribution is -2.16. The number of nitrogens with zero attached hydrogens (tertiary/aromatic N) is 2. The summed E-state index contributed by atoms with van der Waals surface area (Å²) >= 11 is 1.41. The highest BCUT2D eigenvalue weighted by atomic mass is 32.1. The van der Waals surface area contributed by atoms with Crippen molar-refractivity contribution in [1.29, 1.82) is 0 Å². The van der Waals surface area contributed by atoms with Crippen LogP contribution in [0.4, 0.5) is 0 Å². The normalized spacial score (nSPS) is 12.4. The summed E-state index contributed by atoms with van der Waals surface area (Å²) in [6, 6.07) is 8.20. The lowest BCUT2D eigenvalue weighted by atomic mass is 10.1. The minimum absolute atomic E-state index is 0.121. The van der Waals surface area contributed by atoms with Gasteiger partial charge >= 0.3 is 0 Å². The zero-order valence-corrected chi connectivity index (χ0v) is 10.7. The Kier molecular flexibility index (Phi) is 4.06. The van der Waals surface area contributed by atoms with Crippen LogP contribution in [0, 0.1) is 0 Å². The van der Waals surface area contributed by atoms with Crippen molar-refractivity contribution in [3.8, 4) is 5.75 Å². The van der Waals surface area contributed by atoms with Gasteiger partial charge in [-0.05, 0) is 43.2 Å². The topological polar surface area (TPSA) is 47.0 Å². The maximum Gasteiger partial charge on any atom is 0.119 e. The molecule has 0 amide bonds. The Balaban J connectivity index is 2.28. The SMILES string of the molecule is CCOc1cccc(C(NC)c2cnns2)c1.